The van der Waals surface area contributed by atoms with Crippen molar-refractivity contribution in [3.63, 3.8) is 0 Å². The Hall–Kier alpha value is -0.610. The number of ether oxygens (including phenoxy) is 2. The van der Waals surface area contributed by atoms with Crippen molar-refractivity contribution < 1.29 is 14.3 Å². The third kappa shape index (κ3) is 3.80. The zero-order valence-corrected chi connectivity index (χ0v) is 10.0. The molecule has 0 saturated heterocycles. The second kappa shape index (κ2) is 4.94. The van der Waals surface area contributed by atoms with Crippen molar-refractivity contribution in [2.45, 2.75) is 38.3 Å². The number of nitrogens with one attached hydrogen (secondary N) is 1. The first-order valence-electron chi connectivity index (χ1n) is 5.36. The Balaban J connectivity index is 2.41. The van der Waals surface area contributed by atoms with E-state index in [4.69, 9.17) is 9.47 Å². The maximum absolute atomic E-state index is 11.5. The van der Waals surface area contributed by atoms with Gasteiger partial charge in [-0.15, -0.1) is 0 Å². The van der Waals surface area contributed by atoms with Crippen LogP contribution < -0.4 is 5.32 Å². The second-order valence-electron chi connectivity index (χ2n) is 4.68. The number of carbonyl (C=O) groups is 1. The summed E-state index contributed by atoms with van der Waals surface area (Å²) >= 11 is 0. The largest absolute Gasteiger partial charge is 0.468 e. The third-order valence-corrected chi connectivity index (χ3v) is 2.85. The zero-order chi connectivity index (χ0) is 11.5. The van der Waals surface area contributed by atoms with Crippen LogP contribution in [0.2, 0.25) is 0 Å². The minimum Gasteiger partial charge on any atom is -0.468 e. The minimum absolute atomic E-state index is 0.163. The summed E-state index contributed by atoms with van der Waals surface area (Å²) in [5.74, 6) is 0.287. The van der Waals surface area contributed by atoms with Crippen LogP contribution in [-0.2, 0) is 14.3 Å². The van der Waals surface area contributed by atoms with Gasteiger partial charge >= 0.3 is 5.97 Å². The summed E-state index contributed by atoms with van der Waals surface area (Å²) in [5, 5.41) is 3.22. The Kier molecular flexibility index (Phi) is 4.11. The molecule has 0 heterocycles. The van der Waals surface area contributed by atoms with Crippen LogP contribution in [0, 0.1) is 5.92 Å². The van der Waals surface area contributed by atoms with E-state index in [2.05, 4.69) is 5.32 Å². The molecule has 1 unspecified atom stereocenters. The van der Waals surface area contributed by atoms with Crippen LogP contribution in [0.1, 0.15) is 26.7 Å². The SMILES string of the molecule is COC(=O)C(NCC(C)(C)OC)C1CC1. The van der Waals surface area contributed by atoms with Gasteiger partial charge in [0.1, 0.15) is 6.04 Å². The first-order chi connectivity index (χ1) is 7.00. The van der Waals surface area contributed by atoms with Gasteiger partial charge in [-0.25, -0.2) is 0 Å². The summed E-state index contributed by atoms with van der Waals surface area (Å²) in [5.41, 5.74) is -0.249. The predicted octanol–water partition coefficient (Wildman–Crippen LogP) is 0.953. The summed E-state index contributed by atoms with van der Waals surface area (Å²) in [4.78, 5) is 11.5. The molecule has 1 saturated carbocycles. The summed E-state index contributed by atoms with van der Waals surface area (Å²) in [7, 11) is 3.10. The Labute approximate surface area is 91.3 Å². The highest BCUT2D eigenvalue weighted by atomic mass is 16.5. The van der Waals surface area contributed by atoms with Gasteiger partial charge in [0.25, 0.3) is 0 Å². The van der Waals surface area contributed by atoms with E-state index < -0.39 is 0 Å². The first kappa shape index (κ1) is 12.5. The molecule has 88 valence electrons. The van der Waals surface area contributed by atoms with E-state index in [9.17, 15) is 4.79 Å². The average Bonchev–Trinajstić information content (AvgIpc) is 3.01. The van der Waals surface area contributed by atoms with Gasteiger partial charge in [-0.05, 0) is 32.6 Å². The Morgan fingerprint density at radius 3 is 2.47 bits per heavy atom. The van der Waals surface area contributed by atoms with E-state index in [1.54, 1.807) is 7.11 Å². The van der Waals surface area contributed by atoms with E-state index in [1.165, 1.54) is 7.11 Å². The van der Waals surface area contributed by atoms with Crippen LogP contribution in [0.5, 0.6) is 0 Å². The van der Waals surface area contributed by atoms with E-state index in [-0.39, 0.29) is 17.6 Å². The van der Waals surface area contributed by atoms with Crippen LogP contribution >= 0.6 is 0 Å². The van der Waals surface area contributed by atoms with Crippen LogP contribution in [0.4, 0.5) is 0 Å². The second-order valence-corrected chi connectivity index (χ2v) is 4.68. The predicted molar refractivity (Wildman–Crippen MR) is 57.6 cm³/mol. The number of hydrogen-bond donors (Lipinski definition) is 1. The zero-order valence-electron chi connectivity index (χ0n) is 10.0. The molecule has 4 nitrogen and oxygen atoms in total. The van der Waals surface area contributed by atoms with Crippen molar-refractivity contribution >= 4 is 5.97 Å². The minimum atomic E-state index is -0.249. The molecule has 0 aromatic heterocycles. The Bertz CT molecular complexity index is 224. The molecular formula is C11H21NO3. The first-order valence-corrected chi connectivity index (χ1v) is 5.36. The lowest BCUT2D eigenvalue weighted by Crippen LogP contribution is -2.46. The smallest absolute Gasteiger partial charge is 0.323 e. The van der Waals surface area contributed by atoms with Gasteiger partial charge in [0.2, 0.25) is 0 Å². The fourth-order valence-corrected chi connectivity index (χ4v) is 1.43. The normalized spacial score (nSPS) is 18.7. The fraction of sp³-hybridized carbons (Fsp3) is 0.909. The van der Waals surface area contributed by atoms with Gasteiger partial charge < -0.3 is 14.8 Å². The van der Waals surface area contributed by atoms with Crippen molar-refractivity contribution in [1.82, 2.24) is 5.32 Å². The number of methoxy groups -OCH3 is 2. The summed E-state index contributed by atoms with van der Waals surface area (Å²) in [6.45, 7) is 4.63. The maximum atomic E-state index is 11.5. The van der Waals surface area contributed by atoms with Gasteiger partial charge in [0.05, 0.1) is 12.7 Å². The molecule has 4 heteroatoms. The molecular weight excluding hydrogens is 194 g/mol. The van der Waals surface area contributed by atoms with Gasteiger partial charge in [-0.1, -0.05) is 0 Å². The standard InChI is InChI=1S/C11H21NO3/c1-11(2,15-4)7-12-9(8-5-6-8)10(13)14-3/h8-9,12H,5-7H2,1-4H3. The molecule has 1 aliphatic rings. The number of carbonyl (C=O) groups excluding carboxylic acids is 1. The molecule has 1 N–H and O–H groups in total. The van der Waals surface area contributed by atoms with Crippen molar-refractivity contribution in [2.75, 3.05) is 20.8 Å². The molecule has 1 atom stereocenters. The molecule has 0 aromatic rings. The molecule has 1 fully saturated rings. The maximum Gasteiger partial charge on any atom is 0.323 e. The molecule has 0 bridgehead atoms. The van der Waals surface area contributed by atoms with Crippen molar-refractivity contribution in [2.24, 2.45) is 5.92 Å². The fourth-order valence-electron chi connectivity index (χ4n) is 1.43. The summed E-state index contributed by atoms with van der Waals surface area (Å²) < 4.78 is 10.1. The molecule has 0 aromatic carbocycles. The highest BCUT2D eigenvalue weighted by molar-refractivity contribution is 5.76. The Morgan fingerprint density at radius 1 is 1.47 bits per heavy atom. The molecule has 15 heavy (non-hydrogen) atoms. The molecule has 0 aliphatic heterocycles. The lowest BCUT2D eigenvalue weighted by molar-refractivity contribution is -0.144. The lowest BCUT2D eigenvalue weighted by Gasteiger charge is -2.26. The average molecular weight is 215 g/mol. The van der Waals surface area contributed by atoms with Gasteiger partial charge in [-0.3, -0.25) is 4.79 Å². The summed E-state index contributed by atoms with van der Waals surface area (Å²) in [6.07, 6.45) is 2.22. The number of rotatable bonds is 6. The quantitative estimate of drug-likeness (QED) is 0.670. The highest BCUT2D eigenvalue weighted by Crippen LogP contribution is 2.33. The van der Waals surface area contributed by atoms with Crippen LogP contribution in [-0.4, -0.2) is 38.4 Å². The molecule has 0 radical (unpaired) electrons. The third-order valence-electron chi connectivity index (χ3n) is 2.85. The van der Waals surface area contributed by atoms with Crippen LogP contribution in [0.15, 0.2) is 0 Å². The Morgan fingerprint density at radius 2 is 2.07 bits per heavy atom. The van der Waals surface area contributed by atoms with Crippen molar-refractivity contribution in [3.05, 3.63) is 0 Å². The van der Waals surface area contributed by atoms with Gasteiger partial charge in [0.15, 0.2) is 0 Å². The molecule has 1 rings (SSSR count). The number of esters is 1. The van der Waals surface area contributed by atoms with E-state index in [1.807, 2.05) is 13.8 Å². The topological polar surface area (TPSA) is 47.6 Å². The van der Waals surface area contributed by atoms with E-state index >= 15 is 0 Å². The van der Waals surface area contributed by atoms with E-state index in [0.717, 1.165) is 12.8 Å². The number of hydrogen-bond acceptors (Lipinski definition) is 4. The van der Waals surface area contributed by atoms with E-state index in [0.29, 0.717) is 12.5 Å². The highest BCUT2D eigenvalue weighted by Gasteiger charge is 2.37. The van der Waals surface area contributed by atoms with Gasteiger partial charge in [0, 0.05) is 13.7 Å². The van der Waals surface area contributed by atoms with Crippen molar-refractivity contribution in [1.29, 1.82) is 0 Å². The van der Waals surface area contributed by atoms with Crippen LogP contribution in [0.3, 0.4) is 0 Å². The molecule has 1 aliphatic carbocycles. The molecule has 0 amide bonds. The monoisotopic (exact) mass is 215 g/mol. The lowest BCUT2D eigenvalue weighted by atomic mass is 10.1. The molecule has 0 spiro atoms. The van der Waals surface area contributed by atoms with Crippen molar-refractivity contribution in [3.8, 4) is 0 Å². The van der Waals surface area contributed by atoms with Gasteiger partial charge in [-0.2, -0.15) is 0 Å². The summed E-state index contributed by atoms with van der Waals surface area (Å²) in [6, 6.07) is -0.163. The van der Waals surface area contributed by atoms with Crippen LogP contribution in [0.25, 0.3) is 0 Å².